The summed E-state index contributed by atoms with van der Waals surface area (Å²) in [5.74, 6) is -3.03. The van der Waals surface area contributed by atoms with Crippen molar-refractivity contribution < 1.29 is 19.1 Å². The molecule has 0 fully saturated rings. The Bertz CT molecular complexity index is 1200. The fourth-order valence-electron chi connectivity index (χ4n) is 4.57. The first-order valence-electron chi connectivity index (χ1n) is 9.97. The Morgan fingerprint density at radius 3 is 2.74 bits per heavy atom. The van der Waals surface area contributed by atoms with E-state index in [4.69, 9.17) is 14.9 Å². The lowest BCUT2D eigenvalue weighted by Gasteiger charge is -2.39. The van der Waals surface area contributed by atoms with E-state index in [1.807, 2.05) is 0 Å². The Hall–Kier alpha value is -3.68. The van der Waals surface area contributed by atoms with E-state index < -0.39 is 34.7 Å². The number of carbonyl (C=O) groups excluding carboxylic acids is 2. The van der Waals surface area contributed by atoms with E-state index in [0.717, 1.165) is 0 Å². The van der Waals surface area contributed by atoms with Crippen molar-refractivity contribution in [2.24, 2.45) is 13.0 Å². The first kappa shape index (κ1) is 20.6. The van der Waals surface area contributed by atoms with Crippen molar-refractivity contribution in [2.75, 3.05) is 18.1 Å². The van der Waals surface area contributed by atoms with Crippen molar-refractivity contribution in [3.8, 4) is 5.75 Å². The Balaban J connectivity index is 2.17. The average molecular weight is 421 g/mol. The van der Waals surface area contributed by atoms with E-state index in [2.05, 4.69) is 6.58 Å². The maximum atomic E-state index is 14.1. The zero-order chi connectivity index (χ0) is 22.5. The minimum Gasteiger partial charge on any atom is -0.465 e. The minimum atomic E-state index is -1.76. The summed E-state index contributed by atoms with van der Waals surface area (Å²) in [7, 11) is 1.60. The number of ether oxygens (including phenoxy) is 2. The van der Waals surface area contributed by atoms with Gasteiger partial charge in [-0.2, -0.15) is 0 Å². The van der Waals surface area contributed by atoms with Crippen LogP contribution in [0.4, 0.5) is 5.69 Å². The number of fused-ring (bicyclic) bond motifs is 4. The third kappa shape index (κ3) is 2.60. The molecule has 2 atom stereocenters. The molecule has 31 heavy (non-hydrogen) atoms. The number of benzene rings is 1. The maximum Gasteiger partial charge on any atom is 0.320 e. The van der Waals surface area contributed by atoms with Gasteiger partial charge in [0.1, 0.15) is 11.2 Å². The lowest BCUT2D eigenvalue weighted by Crippen LogP contribution is -2.58. The van der Waals surface area contributed by atoms with Crippen LogP contribution < -0.4 is 15.2 Å². The van der Waals surface area contributed by atoms with Crippen LogP contribution in [-0.2, 0) is 26.8 Å². The Morgan fingerprint density at radius 1 is 1.35 bits per heavy atom. The fraction of sp³-hybridized carbons (Fsp3) is 0.304. The van der Waals surface area contributed by atoms with Crippen LogP contribution in [0.5, 0.6) is 5.75 Å². The van der Waals surface area contributed by atoms with E-state index in [-0.39, 0.29) is 24.5 Å². The number of pyridine rings is 1. The highest BCUT2D eigenvalue weighted by Gasteiger charge is 2.65. The summed E-state index contributed by atoms with van der Waals surface area (Å²) in [4.78, 5) is 42.2. The molecule has 1 aromatic heterocycles. The highest BCUT2D eigenvalue weighted by atomic mass is 16.5. The molecule has 1 N–H and O–H groups in total. The van der Waals surface area contributed by atoms with Crippen molar-refractivity contribution in [3.63, 3.8) is 0 Å². The van der Waals surface area contributed by atoms with Crippen LogP contribution >= 0.6 is 0 Å². The Labute approximate surface area is 179 Å². The molecule has 8 heteroatoms. The summed E-state index contributed by atoms with van der Waals surface area (Å²) in [6.07, 6.45) is 1.58. The van der Waals surface area contributed by atoms with Crippen LogP contribution in [-0.4, -0.2) is 35.5 Å². The summed E-state index contributed by atoms with van der Waals surface area (Å²) in [6.45, 7) is 7.35. The molecule has 2 aliphatic rings. The fourth-order valence-corrected chi connectivity index (χ4v) is 4.57. The van der Waals surface area contributed by atoms with E-state index in [9.17, 15) is 14.4 Å². The molecule has 1 amide bonds. The molecule has 1 spiro atoms. The van der Waals surface area contributed by atoms with Gasteiger partial charge in [-0.25, -0.2) is 0 Å². The second-order valence-corrected chi connectivity index (χ2v) is 7.57. The van der Waals surface area contributed by atoms with Crippen LogP contribution in [0.25, 0.3) is 0 Å². The number of anilines is 1. The van der Waals surface area contributed by atoms with Crippen LogP contribution in [0.2, 0.25) is 0 Å². The molecule has 0 radical (unpaired) electrons. The molecule has 160 valence electrons. The van der Waals surface area contributed by atoms with E-state index >= 15 is 0 Å². The number of nitrogens with zero attached hydrogens (tertiary/aromatic N) is 2. The molecule has 1 aromatic carbocycles. The quantitative estimate of drug-likeness (QED) is 0.602. The number of esters is 1. The summed E-state index contributed by atoms with van der Waals surface area (Å²) in [5.41, 5.74) is -0.554. The van der Waals surface area contributed by atoms with Crippen LogP contribution in [0, 0.1) is 18.3 Å². The van der Waals surface area contributed by atoms with Crippen molar-refractivity contribution in [1.29, 1.82) is 5.41 Å². The average Bonchev–Trinajstić information content (AvgIpc) is 2.96. The smallest absolute Gasteiger partial charge is 0.320 e. The van der Waals surface area contributed by atoms with Crippen molar-refractivity contribution in [3.05, 3.63) is 70.2 Å². The number of aryl methyl sites for hydroxylation is 1. The van der Waals surface area contributed by atoms with E-state index in [1.54, 1.807) is 57.3 Å². The second kappa shape index (κ2) is 7.23. The van der Waals surface area contributed by atoms with Gasteiger partial charge in [-0.05, 0) is 25.5 Å². The SMILES string of the molecule is C=CCN1C(=O)C2(c3ccccc31)c1c(cc(C)n(C)c1=O)OC(=N)C2C(=O)OCC. The predicted octanol–water partition coefficient (Wildman–Crippen LogP) is 2.06. The van der Waals surface area contributed by atoms with Crippen molar-refractivity contribution in [2.45, 2.75) is 19.3 Å². The number of hydrogen-bond donors (Lipinski definition) is 1. The molecule has 8 nitrogen and oxygen atoms in total. The maximum absolute atomic E-state index is 14.1. The summed E-state index contributed by atoms with van der Waals surface area (Å²) >= 11 is 0. The Morgan fingerprint density at radius 2 is 2.06 bits per heavy atom. The highest BCUT2D eigenvalue weighted by Crippen LogP contribution is 2.54. The molecule has 0 bridgehead atoms. The first-order valence-corrected chi connectivity index (χ1v) is 9.97. The molecule has 4 rings (SSSR count). The van der Waals surface area contributed by atoms with E-state index in [0.29, 0.717) is 16.9 Å². The molecule has 2 aliphatic heterocycles. The van der Waals surface area contributed by atoms with Gasteiger partial charge in [-0.3, -0.25) is 19.8 Å². The standard InChI is InChI=1S/C23H23N3O5/c1-5-11-26-15-10-8-7-9-14(15)23(22(26)29)17-16(12-13(3)25(4)20(17)27)31-19(24)18(23)21(28)30-6-2/h5,7-10,12,18,24H,1,6,11H2,2-4H3. The number of amides is 1. The van der Waals surface area contributed by atoms with Gasteiger partial charge in [-0.15, -0.1) is 6.58 Å². The zero-order valence-corrected chi connectivity index (χ0v) is 17.6. The summed E-state index contributed by atoms with van der Waals surface area (Å²) in [5, 5.41) is 8.55. The van der Waals surface area contributed by atoms with Crippen LogP contribution in [0.1, 0.15) is 23.7 Å². The van der Waals surface area contributed by atoms with Gasteiger partial charge in [0.15, 0.2) is 5.92 Å². The zero-order valence-electron chi connectivity index (χ0n) is 17.6. The molecule has 2 unspecified atom stereocenters. The number of para-hydroxylation sites is 1. The lowest BCUT2D eigenvalue weighted by molar-refractivity contribution is -0.150. The largest absolute Gasteiger partial charge is 0.465 e. The van der Waals surface area contributed by atoms with Gasteiger partial charge in [0.2, 0.25) is 11.8 Å². The monoisotopic (exact) mass is 421 g/mol. The number of rotatable bonds is 4. The molecule has 0 aliphatic carbocycles. The minimum absolute atomic E-state index is 0.0404. The first-order chi connectivity index (χ1) is 14.8. The van der Waals surface area contributed by atoms with Crippen molar-refractivity contribution in [1.82, 2.24) is 4.57 Å². The molecule has 0 saturated heterocycles. The van der Waals surface area contributed by atoms with E-state index in [1.165, 1.54) is 9.47 Å². The van der Waals surface area contributed by atoms with Gasteiger partial charge in [0.05, 0.1) is 12.2 Å². The van der Waals surface area contributed by atoms with Gasteiger partial charge in [0, 0.05) is 31.0 Å². The summed E-state index contributed by atoms with van der Waals surface area (Å²) in [6, 6.07) is 8.60. The normalized spacial score (nSPS) is 21.5. The Kier molecular flexibility index (Phi) is 4.80. The molecule has 3 heterocycles. The third-order valence-electron chi connectivity index (χ3n) is 5.98. The predicted molar refractivity (Wildman–Crippen MR) is 115 cm³/mol. The molecule has 0 saturated carbocycles. The van der Waals surface area contributed by atoms with Gasteiger partial charge in [0.25, 0.3) is 5.56 Å². The molecule has 2 aromatic rings. The molecular formula is C23H23N3O5. The van der Waals surface area contributed by atoms with Gasteiger partial charge in [-0.1, -0.05) is 24.3 Å². The summed E-state index contributed by atoms with van der Waals surface area (Å²) < 4.78 is 12.3. The van der Waals surface area contributed by atoms with Crippen LogP contribution in [0.3, 0.4) is 0 Å². The van der Waals surface area contributed by atoms with Gasteiger partial charge >= 0.3 is 5.97 Å². The topological polar surface area (TPSA) is 102 Å². The van der Waals surface area contributed by atoms with Gasteiger partial charge < -0.3 is 18.9 Å². The highest BCUT2D eigenvalue weighted by molar-refractivity contribution is 6.18. The van der Waals surface area contributed by atoms with Crippen molar-refractivity contribution >= 4 is 23.5 Å². The number of carbonyl (C=O) groups is 2. The van der Waals surface area contributed by atoms with Crippen LogP contribution in [0.15, 0.2) is 47.8 Å². The lowest BCUT2D eigenvalue weighted by atomic mass is 9.64. The number of nitrogens with one attached hydrogen (secondary N) is 1. The number of aromatic nitrogens is 1. The number of hydrogen-bond acceptors (Lipinski definition) is 6. The third-order valence-corrected chi connectivity index (χ3v) is 5.98. The molecular weight excluding hydrogens is 398 g/mol. The second-order valence-electron chi connectivity index (χ2n) is 7.57.